The Labute approximate surface area is 98.3 Å². The van der Waals surface area contributed by atoms with Crippen LogP contribution in [0.5, 0.6) is 0 Å². The zero-order valence-electron chi connectivity index (χ0n) is 8.89. The molecule has 82 valence electrons. The molecule has 2 aromatic rings. The summed E-state index contributed by atoms with van der Waals surface area (Å²) in [5, 5.41) is 10.6. The van der Waals surface area contributed by atoms with E-state index in [1.807, 2.05) is 24.3 Å². The second kappa shape index (κ2) is 4.00. The van der Waals surface area contributed by atoms with Crippen LogP contribution in [0.1, 0.15) is 17.8 Å². The summed E-state index contributed by atoms with van der Waals surface area (Å²) < 4.78 is 1.25. The summed E-state index contributed by atoms with van der Waals surface area (Å²) in [5.74, 6) is 0. The van der Waals surface area contributed by atoms with E-state index >= 15 is 0 Å². The molecule has 0 amide bonds. The van der Waals surface area contributed by atoms with Crippen LogP contribution in [0.25, 0.3) is 10.2 Å². The number of rotatable bonds is 2. The molecule has 0 saturated carbocycles. The van der Waals surface area contributed by atoms with E-state index in [2.05, 4.69) is 11.1 Å². The zero-order chi connectivity index (χ0) is 11.0. The van der Waals surface area contributed by atoms with Crippen molar-refractivity contribution in [2.24, 2.45) is 0 Å². The molecular weight excluding hydrogens is 218 g/mol. The predicted molar refractivity (Wildman–Crippen MR) is 66.6 cm³/mol. The third-order valence-corrected chi connectivity index (χ3v) is 3.94. The average Bonchev–Trinajstić information content (AvgIpc) is 2.84. The fourth-order valence-corrected chi connectivity index (χ4v) is 3.13. The summed E-state index contributed by atoms with van der Waals surface area (Å²) in [6.07, 6.45) is 4.53. The standard InChI is InChI=1S/C13H13NOS/c15-10-6-5-9(7-10)8-13-14-11-3-1-2-4-12(11)16-13/h1-4,7,10,15H,5-6,8H2. The molecule has 0 fully saturated rings. The van der Waals surface area contributed by atoms with Crippen molar-refractivity contribution in [2.45, 2.75) is 25.4 Å². The summed E-state index contributed by atoms with van der Waals surface area (Å²) in [4.78, 5) is 4.60. The number of allylic oxidation sites excluding steroid dienone is 1. The number of nitrogens with zero attached hydrogens (tertiary/aromatic N) is 1. The second-order valence-corrected chi connectivity index (χ2v) is 5.30. The highest BCUT2D eigenvalue weighted by Gasteiger charge is 2.14. The van der Waals surface area contributed by atoms with E-state index in [1.165, 1.54) is 10.3 Å². The fraction of sp³-hybridized carbons (Fsp3) is 0.308. The van der Waals surface area contributed by atoms with Crippen LogP contribution in [0.3, 0.4) is 0 Å². The van der Waals surface area contributed by atoms with Crippen LogP contribution in [-0.2, 0) is 6.42 Å². The molecule has 2 nitrogen and oxygen atoms in total. The van der Waals surface area contributed by atoms with Gasteiger partial charge in [0.15, 0.2) is 0 Å². The first-order valence-corrected chi connectivity index (χ1v) is 6.35. The smallest absolute Gasteiger partial charge is 0.0979 e. The highest BCUT2D eigenvalue weighted by atomic mass is 32.1. The van der Waals surface area contributed by atoms with E-state index < -0.39 is 0 Å². The number of hydrogen-bond donors (Lipinski definition) is 1. The van der Waals surface area contributed by atoms with Gasteiger partial charge in [0.2, 0.25) is 0 Å². The molecule has 1 atom stereocenters. The molecule has 3 rings (SSSR count). The minimum absolute atomic E-state index is 0.232. The Hall–Kier alpha value is -1.19. The highest BCUT2D eigenvalue weighted by Crippen LogP contribution is 2.27. The molecule has 0 aliphatic heterocycles. The molecule has 0 radical (unpaired) electrons. The quantitative estimate of drug-likeness (QED) is 0.806. The summed E-state index contributed by atoms with van der Waals surface area (Å²) >= 11 is 1.75. The van der Waals surface area contributed by atoms with Gasteiger partial charge in [0.1, 0.15) is 0 Å². The Morgan fingerprint density at radius 2 is 2.25 bits per heavy atom. The van der Waals surface area contributed by atoms with Gasteiger partial charge in [0.25, 0.3) is 0 Å². The first-order valence-electron chi connectivity index (χ1n) is 5.53. The molecule has 1 aliphatic rings. The van der Waals surface area contributed by atoms with Gasteiger partial charge in [-0.15, -0.1) is 11.3 Å². The number of aliphatic hydroxyl groups is 1. The van der Waals surface area contributed by atoms with Gasteiger partial charge in [0.05, 0.1) is 21.3 Å². The fourth-order valence-electron chi connectivity index (χ4n) is 2.11. The molecule has 1 unspecified atom stereocenters. The summed E-state index contributed by atoms with van der Waals surface area (Å²) in [6.45, 7) is 0. The van der Waals surface area contributed by atoms with Crippen molar-refractivity contribution in [3.8, 4) is 0 Å². The minimum Gasteiger partial charge on any atom is -0.389 e. The summed E-state index contributed by atoms with van der Waals surface area (Å²) in [7, 11) is 0. The maximum atomic E-state index is 9.42. The maximum absolute atomic E-state index is 9.42. The number of para-hydroxylation sites is 1. The van der Waals surface area contributed by atoms with E-state index in [1.54, 1.807) is 11.3 Å². The van der Waals surface area contributed by atoms with Crippen LogP contribution in [-0.4, -0.2) is 16.2 Å². The van der Waals surface area contributed by atoms with Gasteiger partial charge < -0.3 is 5.11 Å². The monoisotopic (exact) mass is 231 g/mol. The van der Waals surface area contributed by atoms with Crippen molar-refractivity contribution in [3.63, 3.8) is 0 Å². The number of hydrogen-bond acceptors (Lipinski definition) is 3. The average molecular weight is 231 g/mol. The lowest BCUT2D eigenvalue weighted by atomic mass is 10.2. The lowest BCUT2D eigenvalue weighted by molar-refractivity contribution is 0.223. The van der Waals surface area contributed by atoms with E-state index in [9.17, 15) is 5.11 Å². The Morgan fingerprint density at radius 3 is 3.00 bits per heavy atom. The SMILES string of the molecule is OC1C=C(Cc2nc3ccccc3s2)CC1. The van der Waals surface area contributed by atoms with Gasteiger partial charge in [-0.1, -0.05) is 23.8 Å². The molecule has 1 aliphatic carbocycles. The molecule has 0 bridgehead atoms. The van der Waals surface area contributed by atoms with Gasteiger partial charge in [-0.2, -0.15) is 0 Å². The van der Waals surface area contributed by atoms with Crippen molar-refractivity contribution in [3.05, 3.63) is 40.9 Å². The largest absolute Gasteiger partial charge is 0.389 e. The van der Waals surface area contributed by atoms with Gasteiger partial charge in [-0.3, -0.25) is 0 Å². The first kappa shape index (κ1) is 10.00. The van der Waals surface area contributed by atoms with E-state index in [4.69, 9.17) is 0 Å². The third-order valence-electron chi connectivity index (χ3n) is 2.91. The lowest BCUT2D eigenvalue weighted by Crippen LogP contribution is -1.93. The lowest BCUT2D eigenvalue weighted by Gasteiger charge is -1.95. The molecule has 0 saturated heterocycles. The molecule has 1 aromatic carbocycles. The summed E-state index contributed by atoms with van der Waals surface area (Å²) in [5.41, 5.74) is 2.41. The van der Waals surface area contributed by atoms with Gasteiger partial charge in [-0.25, -0.2) is 4.98 Å². The zero-order valence-corrected chi connectivity index (χ0v) is 9.70. The molecular formula is C13H13NOS. The highest BCUT2D eigenvalue weighted by molar-refractivity contribution is 7.18. The summed E-state index contributed by atoms with van der Waals surface area (Å²) in [6, 6.07) is 8.22. The molecule has 1 heterocycles. The first-order chi connectivity index (χ1) is 7.81. The topological polar surface area (TPSA) is 33.1 Å². The van der Waals surface area contributed by atoms with E-state index in [-0.39, 0.29) is 6.10 Å². The maximum Gasteiger partial charge on any atom is 0.0979 e. The number of fused-ring (bicyclic) bond motifs is 1. The molecule has 1 N–H and O–H groups in total. The van der Waals surface area contributed by atoms with Crippen LogP contribution in [0.15, 0.2) is 35.9 Å². The normalized spacial score (nSPS) is 20.3. The van der Waals surface area contributed by atoms with E-state index in [0.29, 0.717) is 0 Å². The molecule has 16 heavy (non-hydrogen) atoms. The molecule has 0 spiro atoms. The van der Waals surface area contributed by atoms with Gasteiger partial charge in [0, 0.05) is 6.42 Å². The number of aromatic nitrogens is 1. The van der Waals surface area contributed by atoms with Crippen LogP contribution < -0.4 is 0 Å². The van der Waals surface area contributed by atoms with Crippen LogP contribution in [0.4, 0.5) is 0 Å². The van der Waals surface area contributed by atoms with Crippen LogP contribution >= 0.6 is 11.3 Å². The Bertz CT molecular complexity index is 511. The second-order valence-electron chi connectivity index (χ2n) is 4.18. The van der Waals surface area contributed by atoms with Crippen molar-refractivity contribution >= 4 is 21.6 Å². The number of thiazole rings is 1. The van der Waals surface area contributed by atoms with Gasteiger partial charge in [-0.05, 0) is 25.0 Å². The minimum atomic E-state index is -0.232. The van der Waals surface area contributed by atoms with Crippen LogP contribution in [0.2, 0.25) is 0 Å². The Balaban J connectivity index is 1.87. The van der Waals surface area contributed by atoms with Gasteiger partial charge >= 0.3 is 0 Å². The van der Waals surface area contributed by atoms with Crippen molar-refractivity contribution < 1.29 is 5.11 Å². The molecule has 1 aromatic heterocycles. The number of aliphatic hydroxyl groups excluding tert-OH is 1. The van der Waals surface area contributed by atoms with Crippen molar-refractivity contribution in [1.82, 2.24) is 4.98 Å². The van der Waals surface area contributed by atoms with Crippen molar-refractivity contribution in [1.29, 1.82) is 0 Å². The molecule has 3 heteroatoms. The van der Waals surface area contributed by atoms with Crippen molar-refractivity contribution in [2.75, 3.05) is 0 Å². The number of benzene rings is 1. The third kappa shape index (κ3) is 1.88. The predicted octanol–water partition coefficient (Wildman–Crippen LogP) is 2.92. The Morgan fingerprint density at radius 1 is 1.38 bits per heavy atom. The van der Waals surface area contributed by atoms with Crippen LogP contribution in [0, 0.1) is 0 Å². The Kier molecular flexibility index (Phi) is 2.50. The van der Waals surface area contributed by atoms with E-state index in [0.717, 1.165) is 29.8 Å².